The molecule has 0 spiro atoms. The molecule has 0 bridgehead atoms. The maximum Gasteiger partial charge on any atom is 0.282 e. The first-order valence-corrected chi connectivity index (χ1v) is 5.36. The molecule has 0 fully saturated rings. The smallest absolute Gasteiger partial charge is 0.282 e. The van der Waals surface area contributed by atoms with Gasteiger partial charge in [-0.3, -0.25) is 0 Å². The molecular formula is C12H14F2N2O. The molecule has 92 valence electrons. The number of aromatic amines is 1. The molecule has 1 aromatic carbocycles. The first-order chi connectivity index (χ1) is 8.11. The molecule has 0 aliphatic rings. The lowest BCUT2D eigenvalue weighted by Crippen LogP contribution is -2.35. The zero-order valence-electron chi connectivity index (χ0n) is 9.21. The number of rotatable bonds is 5. The molecule has 0 aliphatic heterocycles. The van der Waals surface area contributed by atoms with E-state index in [1.807, 2.05) is 30.5 Å². The van der Waals surface area contributed by atoms with Gasteiger partial charge < -0.3 is 15.4 Å². The molecule has 0 atom stereocenters. The van der Waals surface area contributed by atoms with Crippen molar-refractivity contribution < 1.29 is 13.9 Å². The number of fused-ring (bicyclic) bond motifs is 1. The van der Waals surface area contributed by atoms with Gasteiger partial charge >= 0.3 is 0 Å². The summed E-state index contributed by atoms with van der Waals surface area (Å²) < 4.78 is 25.5. The highest BCUT2D eigenvalue weighted by Gasteiger charge is 2.26. The van der Waals surface area contributed by atoms with Crippen molar-refractivity contribution in [2.24, 2.45) is 0 Å². The lowest BCUT2D eigenvalue weighted by molar-refractivity contribution is -0.0477. The number of aliphatic hydroxyl groups excluding tert-OH is 1. The Kier molecular flexibility index (Phi) is 3.40. The van der Waals surface area contributed by atoms with Crippen LogP contribution in [0.4, 0.5) is 8.78 Å². The molecular weight excluding hydrogens is 226 g/mol. The van der Waals surface area contributed by atoms with Crippen molar-refractivity contribution in [3.63, 3.8) is 0 Å². The highest BCUT2D eigenvalue weighted by atomic mass is 19.3. The molecule has 0 saturated heterocycles. The van der Waals surface area contributed by atoms with Crippen molar-refractivity contribution in [1.29, 1.82) is 0 Å². The Balaban J connectivity index is 1.95. The third kappa shape index (κ3) is 3.01. The molecule has 17 heavy (non-hydrogen) atoms. The number of aromatic nitrogens is 1. The van der Waals surface area contributed by atoms with Gasteiger partial charge in [0.1, 0.15) is 6.61 Å². The molecule has 0 radical (unpaired) electrons. The second-order valence-electron chi connectivity index (χ2n) is 4.02. The van der Waals surface area contributed by atoms with Gasteiger partial charge in [0.2, 0.25) is 0 Å². The number of hydrogen-bond donors (Lipinski definition) is 3. The Morgan fingerprint density at radius 1 is 1.29 bits per heavy atom. The molecule has 3 N–H and O–H groups in total. The van der Waals surface area contributed by atoms with Gasteiger partial charge in [-0.05, 0) is 29.1 Å². The number of benzene rings is 1. The van der Waals surface area contributed by atoms with E-state index in [0.29, 0.717) is 6.54 Å². The zero-order valence-corrected chi connectivity index (χ0v) is 9.21. The minimum absolute atomic E-state index is 0.358. The predicted octanol–water partition coefficient (Wildman–Crippen LogP) is 1.89. The van der Waals surface area contributed by atoms with Crippen molar-refractivity contribution in [2.45, 2.75) is 12.5 Å². The quantitative estimate of drug-likeness (QED) is 0.747. The monoisotopic (exact) mass is 240 g/mol. The lowest BCUT2D eigenvalue weighted by Gasteiger charge is -2.13. The van der Waals surface area contributed by atoms with E-state index in [2.05, 4.69) is 10.3 Å². The molecule has 3 nitrogen and oxygen atoms in total. The topological polar surface area (TPSA) is 48.0 Å². The Morgan fingerprint density at radius 2 is 2.12 bits per heavy atom. The minimum atomic E-state index is -3.06. The molecule has 0 aliphatic carbocycles. The zero-order chi connectivity index (χ0) is 12.3. The van der Waals surface area contributed by atoms with Crippen molar-refractivity contribution in [3.05, 3.63) is 36.0 Å². The van der Waals surface area contributed by atoms with Crippen LogP contribution in [0.1, 0.15) is 5.56 Å². The van der Waals surface area contributed by atoms with Crippen molar-refractivity contribution in [2.75, 3.05) is 13.2 Å². The van der Waals surface area contributed by atoms with E-state index < -0.39 is 19.1 Å². The van der Waals surface area contributed by atoms with Crippen LogP contribution in [-0.2, 0) is 6.54 Å². The van der Waals surface area contributed by atoms with E-state index in [-0.39, 0.29) is 0 Å². The van der Waals surface area contributed by atoms with Gasteiger partial charge in [0, 0.05) is 18.3 Å². The number of H-pyrrole nitrogens is 1. The summed E-state index contributed by atoms with van der Waals surface area (Å²) in [7, 11) is 0. The fraction of sp³-hybridized carbons (Fsp3) is 0.333. The van der Waals surface area contributed by atoms with Crippen LogP contribution in [0.25, 0.3) is 10.9 Å². The van der Waals surface area contributed by atoms with Crippen LogP contribution < -0.4 is 5.32 Å². The second kappa shape index (κ2) is 4.81. The van der Waals surface area contributed by atoms with Crippen molar-refractivity contribution in [3.8, 4) is 0 Å². The average molecular weight is 240 g/mol. The molecule has 5 heteroatoms. The summed E-state index contributed by atoms with van der Waals surface area (Å²) in [6.45, 7) is -1.29. The van der Waals surface area contributed by atoms with E-state index in [1.54, 1.807) is 0 Å². The van der Waals surface area contributed by atoms with E-state index in [9.17, 15) is 8.78 Å². The first-order valence-electron chi connectivity index (χ1n) is 5.36. The summed E-state index contributed by atoms with van der Waals surface area (Å²) in [5, 5.41) is 12.1. The highest BCUT2D eigenvalue weighted by molar-refractivity contribution is 5.79. The number of aliphatic hydroxyl groups is 1. The SMILES string of the molecule is OCC(F)(F)CNCc1ccc2[nH]ccc2c1. The fourth-order valence-electron chi connectivity index (χ4n) is 1.66. The van der Waals surface area contributed by atoms with Crippen LogP contribution in [0, 0.1) is 0 Å². The Labute approximate surface area is 97.5 Å². The van der Waals surface area contributed by atoms with Crippen molar-refractivity contribution in [1.82, 2.24) is 10.3 Å². The normalized spacial score (nSPS) is 12.2. The van der Waals surface area contributed by atoms with Crippen LogP contribution in [0.5, 0.6) is 0 Å². The summed E-state index contributed by atoms with van der Waals surface area (Å²) in [5.74, 6) is -3.06. The van der Waals surface area contributed by atoms with E-state index in [1.165, 1.54) is 0 Å². The largest absolute Gasteiger partial charge is 0.390 e. The number of alkyl halides is 2. The highest BCUT2D eigenvalue weighted by Crippen LogP contribution is 2.15. The van der Waals surface area contributed by atoms with Crippen LogP contribution in [0.15, 0.2) is 30.5 Å². The lowest BCUT2D eigenvalue weighted by atomic mass is 10.1. The number of nitrogens with one attached hydrogen (secondary N) is 2. The number of halogens is 2. The molecule has 0 unspecified atom stereocenters. The van der Waals surface area contributed by atoms with Gasteiger partial charge in [0.25, 0.3) is 5.92 Å². The van der Waals surface area contributed by atoms with Crippen molar-refractivity contribution >= 4 is 10.9 Å². The molecule has 0 amide bonds. The minimum Gasteiger partial charge on any atom is -0.390 e. The molecule has 2 aromatic rings. The predicted molar refractivity (Wildman–Crippen MR) is 62.0 cm³/mol. The summed E-state index contributed by atoms with van der Waals surface area (Å²) in [6.07, 6.45) is 1.84. The second-order valence-corrected chi connectivity index (χ2v) is 4.02. The fourth-order valence-corrected chi connectivity index (χ4v) is 1.66. The molecule has 0 saturated carbocycles. The molecule has 1 heterocycles. The first kappa shape index (κ1) is 12.0. The summed E-state index contributed by atoms with van der Waals surface area (Å²) >= 11 is 0. The van der Waals surface area contributed by atoms with E-state index >= 15 is 0 Å². The Hall–Kier alpha value is -1.46. The third-order valence-electron chi connectivity index (χ3n) is 2.56. The van der Waals surface area contributed by atoms with Crippen LogP contribution in [-0.4, -0.2) is 29.2 Å². The Morgan fingerprint density at radius 3 is 2.88 bits per heavy atom. The Bertz CT molecular complexity index is 496. The summed E-state index contributed by atoms with van der Waals surface area (Å²) in [5.41, 5.74) is 1.96. The van der Waals surface area contributed by atoms with Gasteiger partial charge in [-0.1, -0.05) is 6.07 Å². The van der Waals surface area contributed by atoms with Gasteiger partial charge in [0.15, 0.2) is 0 Å². The molecule has 2 rings (SSSR count). The molecule has 1 aromatic heterocycles. The summed E-state index contributed by atoms with van der Waals surface area (Å²) in [4.78, 5) is 3.06. The maximum absolute atomic E-state index is 12.7. The van der Waals surface area contributed by atoms with E-state index in [4.69, 9.17) is 5.11 Å². The standard InChI is InChI=1S/C12H14F2N2O/c13-12(14,8-17)7-15-6-9-1-2-11-10(5-9)3-4-16-11/h1-5,15-17H,6-8H2. The van der Waals surface area contributed by atoms with Gasteiger partial charge in [-0.25, -0.2) is 8.78 Å². The van der Waals surface area contributed by atoms with Crippen LogP contribution in [0.3, 0.4) is 0 Å². The maximum atomic E-state index is 12.7. The third-order valence-corrected chi connectivity index (χ3v) is 2.56. The van der Waals surface area contributed by atoms with Gasteiger partial charge in [-0.15, -0.1) is 0 Å². The van der Waals surface area contributed by atoms with Crippen LogP contribution in [0.2, 0.25) is 0 Å². The number of hydrogen-bond acceptors (Lipinski definition) is 2. The van der Waals surface area contributed by atoms with E-state index in [0.717, 1.165) is 16.5 Å². The van der Waals surface area contributed by atoms with Gasteiger partial charge in [-0.2, -0.15) is 0 Å². The van der Waals surface area contributed by atoms with Crippen LogP contribution >= 0.6 is 0 Å². The average Bonchev–Trinajstić information content (AvgIpc) is 2.76. The van der Waals surface area contributed by atoms with Gasteiger partial charge in [0.05, 0.1) is 6.54 Å². The summed E-state index contributed by atoms with van der Waals surface area (Å²) in [6, 6.07) is 7.66.